The van der Waals surface area contributed by atoms with E-state index in [1.807, 2.05) is 0 Å². The topological polar surface area (TPSA) is 59.3 Å². The summed E-state index contributed by atoms with van der Waals surface area (Å²) in [5, 5.41) is 11.2. The van der Waals surface area contributed by atoms with Gasteiger partial charge in [0.15, 0.2) is 0 Å². The molecule has 0 radical (unpaired) electrons. The molecule has 1 aliphatic carbocycles. The maximum absolute atomic E-state index is 11.2. The molecule has 1 aromatic rings. The largest absolute Gasteiger partial charge is 0.348 e. The molecule has 1 aromatic heterocycles. The van der Waals surface area contributed by atoms with Crippen LogP contribution in [0.1, 0.15) is 33.1 Å². The van der Waals surface area contributed by atoms with Crippen LogP contribution in [-0.2, 0) is 0 Å². The molecule has 0 spiro atoms. The van der Waals surface area contributed by atoms with E-state index >= 15 is 0 Å². The summed E-state index contributed by atoms with van der Waals surface area (Å²) in [6.07, 6.45) is 4.86. The van der Waals surface area contributed by atoms with Crippen LogP contribution in [0.2, 0.25) is 0 Å². The monoisotopic (exact) mass is 327 g/mol. The van der Waals surface area contributed by atoms with Crippen molar-refractivity contribution in [2.24, 2.45) is 5.92 Å². The smallest absolute Gasteiger partial charge is 0.312 e. The molecule has 0 saturated heterocycles. The third-order valence-corrected chi connectivity index (χ3v) is 3.65. The molecule has 0 aromatic carbocycles. The first-order valence-electron chi connectivity index (χ1n) is 6.55. The van der Waals surface area contributed by atoms with Crippen LogP contribution in [0, 0.1) is 16.0 Å². The van der Waals surface area contributed by atoms with Crippen molar-refractivity contribution < 1.29 is 4.92 Å². The first kappa shape index (κ1) is 14.2. The minimum atomic E-state index is -0.349. The Bertz CT molecular complexity index is 475. The van der Waals surface area contributed by atoms with E-state index in [9.17, 15) is 10.1 Å². The second kappa shape index (κ2) is 5.86. The Labute approximate surface area is 121 Å². The number of aromatic nitrogens is 1. The van der Waals surface area contributed by atoms with Gasteiger partial charge < -0.3 is 4.90 Å². The third-order valence-electron chi connectivity index (χ3n) is 3.22. The summed E-state index contributed by atoms with van der Waals surface area (Å²) in [5.41, 5.74) is 0.0880. The van der Waals surface area contributed by atoms with E-state index in [2.05, 4.69) is 39.7 Å². The number of nitrogens with zero attached hydrogens (tertiary/aromatic N) is 3. The highest BCUT2D eigenvalue weighted by atomic mass is 79.9. The van der Waals surface area contributed by atoms with E-state index in [0.29, 0.717) is 22.3 Å². The van der Waals surface area contributed by atoms with Gasteiger partial charge >= 0.3 is 5.69 Å². The minimum Gasteiger partial charge on any atom is -0.348 e. The van der Waals surface area contributed by atoms with Crippen LogP contribution in [0.15, 0.2) is 16.7 Å². The Morgan fingerprint density at radius 2 is 2.26 bits per heavy atom. The molecule has 0 bridgehead atoms. The standard InChI is InChI=1S/C13H18BrN3O2/c1-9(2)5-6-16(11-3-4-11)13-12(17(18)19)7-10(14)8-15-13/h7-9,11H,3-6H2,1-2H3. The zero-order valence-corrected chi connectivity index (χ0v) is 12.8. The number of nitro groups is 1. The van der Waals surface area contributed by atoms with Gasteiger partial charge in [0.05, 0.1) is 4.92 Å². The van der Waals surface area contributed by atoms with Gasteiger partial charge in [0.2, 0.25) is 5.82 Å². The van der Waals surface area contributed by atoms with Crippen molar-refractivity contribution in [2.75, 3.05) is 11.4 Å². The van der Waals surface area contributed by atoms with E-state index in [4.69, 9.17) is 0 Å². The van der Waals surface area contributed by atoms with Crippen molar-refractivity contribution >= 4 is 27.4 Å². The Morgan fingerprint density at radius 1 is 1.58 bits per heavy atom. The fraction of sp³-hybridized carbons (Fsp3) is 0.615. The van der Waals surface area contributed by atoms with E-state index in [1.54, 1.807) is 6.20 Å². The lowest BCUT2D eigenvalue weighted by molar-refractivity contribution is -0.384. The molecule has 0 unspecified atom stereocenters. The van der Waals surface area contributed by atoms with E-state index in [1.165, 1.54) is 6.07 Å². The van der Waals surface area contributed by atoms with Crippen LogP contribution < -0.4 is 4.90 Å². The fourth-order valence-corrected chi connectivity index (χ4v) is 2.34. The van der Waals surface area contributed by atoms with Crippen molar-refractivity contribution in [3.8, 4) is 0 Å². The molecule has 6 heteroatoms. The number of hydrogen-bond donors (Lipinski definition) is 0. The minimum absolute atomic E-state index is 0.0880. The van der Waals surface area contributed by atoms with Crippen LogP contribution in [-0.4, -0.2) is 22.5 Å². The first-order valence-corrected chi connectivity index (χ1v) is 7.35. The second-order valence-corrected chi connectivity index (χ2v) is 6.28. The van der Waals surface area contributed by atoms with E-state index < -0.39 is 0 Å². The molecule has 0 aliphatic heterocycles. The van der Waals surface area contributed by atoms with Gasteiger partial charge in [0.25, 0.3) is 0 Å². The number of pyridine rings is 1. The van der Waals surface area contributed by atoms with Crippen LogP contribution in [0.4, 0.5) is 11.5 Å². The predicted octanol–water partition coefficient (Wildman–Crippen LogP) is 3.77. The molecule has 5 nitrogen and oxygen atoms in total. The predicted molar refractivity (Wildman–Crippen MR) is 78.4 cm³/mol. The van der Waals surface area contributed by atoms with Gasteiger partial charge in [0.1, 0.15) is 0 Å². The van der Waals surface area contributed by atoms with Crippen LogP contribution >= 0.6 is 15.9 Å². The second-order valence-electron chi connectivity index (χ2n) is 5.36. The summed E-state index contributed by atoms with van der Waals surface area (Å²) in [4.78, 5) is 17.2. The van der Waals surface area contributed by atoms with Crippen LogP contribution in [0.5, 0.6) is 0 Å². The Kier molecular flexibility index (Phi) is 4.39. The number of halogens is 1. The molecule has 0 N–H and O–H groups in total. The van der Waals surface area contributed by atoms with Gasteiger partial charge in [-0.3, -0.25) is 10.1 Å². The van der Waals surface area contributed by atoms with Gasteiger partial charge in [-0.05, 0) is 41.1 Å². The van der Waals surface area contributed by atoms with Crippen LogP contribution in [0.3, 0.4) is 0 Å². The van der Waals surface area contributed by atoms with Crippen molar-refractivity contribution in [3.63, 3.8) is 0 Å². The molecular formula is C13H18BrN3O2. The van der Waals surface area contributed by atoms with Crippen molar-refractivity contribution in [1.82, 2.24) is 4.98 Å². The lowest BCUT2D eigenvalue weighted by Crippen LogP contribution is -2.29. The molecule has 1 heterocycles. The highest BCUT2D eigenvalue weighted by molar-refractivity contribution is 9.10. The van der Waals surface area contributed by atoms with Crippen molar-refractivity contribution in [2.45, 2.75) is 39.2 Å². The number of rotatable bonds is 6. The summed E-state index contributed by atoms with van der Waals surface area (Å²) in [6.45, 7) is 5.15. The van der Waals surface area contributed by atoms with Crippen LogP contribution in [0.25, 0.3) is 0 Å². The molecule has 0 amide bonds. The molecule has 1 saturated carbocycles. The first-order chi connectivity index (χ1) is 8.99. The van der Waals surface area contributed by atoms with Gasteiger partial charge in [-0.15, -0.1) is 0 Å². The third kappa shape index (κ3) is 3.65. The van der Waals surface area contributed by atoms with Gasteiger partial charge in [-0.1, -0.05) is 13.8 Å². The number of anilines is 1. The molecule has 19 heavy (non-hydrogen) atoms. The average Bonchev–Trinajstić information content (AvgIpc) is 3.14. The summed E-state index contributed by atoms with van der Waals surface area (Å²) < 4.78 is 0.641. The Morgan fingerprint density at radius 3 is 2.79 bits per heavy atom. The maximum Gasteiger partial charge on any atom is 0.312 e. The fourth-order valence-electron chi connectivity index (χ4n) is 2.02. The highest BCUT2D eigenvalue weighted by Crippen LogP contribution is 2.36. The lowest BCUT2D eigenvalue weighted by atomic mass is 10.1. The summed E-state index contributed by atoms with van der Waals surface area (Å²) in [7, 11) is 0. The Hall–Kier alpha value is -1.17. The zero-order valence-electron chi connectivity index (χ0n) is 11.2. The van der Waals surface area contributed by atoms with Gasteiger partial charge in [0, 0.05) is 29.3 Å². The maximum atomic E-state index is 11.2. The zero-order chi connectivity index (χ0) is 14.0. The van der Waals surface area contributed by atoms with Gasteiger partial charge in [-0.25, -0.2) is 4.98 Å². The normalized spacial score (nSPS) is 14.7. The van der Waals surface area contributed by atoms with Crippen molar-refractivity contribution in [3.05, 3.63) is 26.9 Å². The summed E-state index contributed by atoms with van der Waals surface area (Å²) in [6, 6.07) is 1.96. The quantitative estimate of drug-likeness (QED) is 0.589. The molecule has 1 fully saturated rings. The highest BCUT2D eigenvalue weighted by Gasteiger charge is 2.33. The summed E-state index contributed by atoms with van der Waals surface area (Å²) in [5.74, 6) is 1.09. The number of hydrogen-bond acceptors (Lipinski definition) is 4. The molecule has 2 rings (SSSR count). The lowest BCUT2D eigenvalue weighted by Gasteiger charge is -2.24. The van der Waals surface area contributed by atoms with Crippen molar-refractivity contribution in [1.29, 1.82) is 0 Å². The molecule has 104 valence electrons. The molecular weight excluding hydrogens is 310 g/mol. The average molecular weight is 328 g/mol. The SMILES string of the molecule is CC(C)CCN(c1ncc(Br)cc1[N+](=O)[O-])C1CC1. The summed E-state index contributed by atoms with van der Waals surface area (Å²) >= 11 is 3.24. The van der Waals surface area contributed by atoms with E-state index in [0.717, 1.165) is 25.8 Å². The van der Waals surface area contributed by atoms with Gasteiger partial charge in [-0.2, -0.15) is 0 Å². The van der Waals surface area contributed by atoms with E-state index in [-0.39, 0.29) is 10.6 Å². The molecule has 1 aliphatic rings. The molecule has 0 atom stereocenters. The Balaban J connectivity index is 2.28.